The van der Waals surface area contributed by atoms with E-state index in [1.165, 1.54) is 0 Å². The number of ether oxygens (including phenoxy) is 1. The van der Waals surface area contributed by atoms with E-state index in [1.54, 1.807) is 0 Å². The highest BCUT2D eigenvalue weighted by Gasteiger charge is 2.46. The van der Waals surface area contributed by atoms with Crippen molar-refractivity contribution in [3.8, 4) is 0 Å². The molecule has 1 aliphatic heterocycles. The molecule has 64 valence electrons. The Balaban J connectivity index is 2.08. The SMILES string of the molecule is OC1CCC2(O)CCOC2C1. The minimum Gasteiger partial charge on any atom is -0.393 e. The maximum Gasteiger partial charge on any atom is 0.0932 e. The first-order valence-corrected chi connectivity index (χ1v) is 4.23. The number of aliphatic hydroxyl groups excluding tert-OH is 1. The van der Waals surface area contributed by atoms with E-state index in [0.29, 0.717) is 19.4 Å². The van der Waals surface area contributed by atoms with Crippen molar-refractivity contribution in [2.45, 2.75) is 43.5 Å². The van der Waals surface area contributed by atoms with Crippen molar-refractivity contribution in [3.05, 3.63) is 0 Å². The molecule has 0 bridgehead atoms. The Hall–Kier alpha value is -0.120. The summed E-state index contributed by atoms with van der Waals surface area (Å²) in [5, 5.41) is 19.2. The lowest BCUT2D eigenvalue weighted by Crippen LogP contribution is -2.44. The molecule has 3 unspecified atom stereocenters. The fraction of sp³-hybridized carbons (Fsp3) is 1.00. The highest BCUT2D eigenvalue weighted by Crippen LogP contribution is 2.37. The van der Waals surface area contributed by atoms with Gasteiger partial charge in [0.1, 0.15) is 0 Å². The zero-order valence-corrected chi connectivity index (χ0v) is 6.49. The van der Waals surface area contributed by atoms with Crippen LogP contribution < -0.4 is 0 Å². The third-order valence-corrected chi connectivity index (χ3v) is 2.85. The van der Waals surface area contributed by atoms with Crippen LogP contribution in [0.25, 0.3) is 0 Å². The van der Waals surface area contributed by atoms with Crippen LogP contribution in [0.5, 0.6) is 0 Å². The summed E-state index contributed by atoms with van der Waals surface area (Å²) in [5.74, 6) is 0. The normalized spacial score (nSPS) is 50.7. The number of hydrogen-bond acceptors (Lipinski definition) is 3. The van der Waals surface area contributed by atoms with Crippen molar-refractivity contribution in [1.29, 1.82) is 0 Å². The van der Waals surface area contributed by atoms with Gasteiger partial charge in [-0.25, -0.2) is 0 Å². The van der Waals surface area contributed by atoms with E-state index in [1.807, 2.05) is 0 Å². The Labute approximate surface area is 66.0 Å². The monoisotopic (exact) mass is 158 g/mol. The largest absolute Gasteiger partial charge is 0.393 e. The predicted octanol–water partition coefficient (Wildman–Crippen LogP) is 0.0512. The number of rotatable bonds is 0. The van der Waals surface area contributed by atoms with E-state index in [-0.39, 0.29) is 12.2 Å². The van der Waals surface area contributed by atoms with Crippen LogP contribution in [0, 0.1) is 0 Å². The van der Waals surface area contributed by atoms with Gasteiger partial charge >= 0.3 is 0 Å². The van der Waals surface area contributed by atoms with Gasteiger partial charge < -0.3 is 14.9 Å². The van der Waals surface area contributed by atoms with Gasteiger partial charge in [0.2, 0.25) is 0 Å². The van der Waals surface area contributed by atoms with E-state index < -0.39 is 5.60 Å². The fourth-order valence-electron chi connectivity index (χ4n) is 2.05. The molecule has 0 aromatic rings. The summed E-state index contributed by atoms with van der Waals surface area (Å²) in [6.07, 6.45) is 2.39. The van der Waals surface area contributed by atoms with E-state index in [9.17, 15) is 10.2 Å². The van der Waals surface area contributed by atoms with Crippen LogP contribution in [-0.2, 0) is 4.74 Å². The molecule has 2 aliphatic rings. The molecule has 0 spiro atoms. The van der Waals surface area contributed by atoms with Crippen LogP contribution in [0.3, 0.4) is 0 Å². The molecule has 3 heteroatoms. The van der Waals surface area contributed by atoms with E-state index in [4.69, 9.17) is 4.74 Å². The molecule has 1 saturated carbocycles. The quantitative estimate of drug-likeness (QED) is 0.523. The lowest BCUT2D eigenvalue weighted by molar-refractivity contribution is -0.0935. The summed E-state index contributed by atoms with van der Waals surface area (Å²) >= 11 is 0. The Morgan fingerprint density at radius 3 is 3.00 bits per heavy atom. The summed E-state index contributed by atoms with van der Waals surface area (Å²) in [4.78, 5) is 0. The van der Waals surface area contributed by atoms with Crippen molar-refractivity contribution in [3.63, 3.8) is 0 Å². The van der Waals surface area contributed by atoms with Crippen molar-refractivity contribution in [1.82, 2.24) is 0 Å². The summed E-state index contributed by atoms with van der Waals surface area (Å²) in [7, 11) is 0. The average molecular weight is 158 g/mol. The van der Waals surface area contributed by atoms with Crippen LogP contribution in [0.2, 0.25) is 0 Å². The molecule has 2 rings (SSSR count). The van der Waals surface area contributed by atoms with Crippen LogP contribution in [0.4, 0.5) is 0 Å². The van der Waals surface area contributed by atoms with Gasteiger partial charge in [-0.3, -0.25) is 0 Å². The van der Waals surface area contributed by atoms with Gasteiger partial charge in [0.15, 0.2) is 0 Å². The molecule has 1 aliphatic carbocycles. The molecule has 2 fully saturated rings. The number of hydrogen-bond donors (Lipinski definition) is 2. The van der Waals surface area contributed by atoms with Gasteiger partial charge in [-0.2, -0.15) is 0 Å². The maximum atomic E-state index is 9.89. The Morgan fingerprint density at radius 2 is 2.18 bits per heavy atom. The maximum absolute atomic E-state index is 9.89. The van der Waals surface area contributed by atoms with Crippen LogP contribution in [-0.4, -0.2) is 34.6 Å². The Bertz CT molecular complexity index is 159. The molecular weight excluding hydrogens is 144 g/mol. The summed E-state index contributed by atoms with van der Waals surface area (Å²) in [6, 6.07) is 0. The molecule has 3 nitrogen and oxygen atoms in total. The smallest absolute Gasteiger partial charge is 0.0932 e. The molecule has 11 heavy (non-hydrogen) atoms. The molecule has 1 saturated heterocycles. The Morgan fingerprint density at radius 1 is 1.36 bits per heavy atom. The van der Waals surface area contributed by atoms with Gasteiger partial charge in [0.25, 0.3) is 0 Å². The third-order valence-electron chi connectivity index (χ3n) is 2.85. The molecule has 0 aromatic heterocycles. The van der Waals surface area contributed by atoms with Gasteiger partial charge in [0, 0.05) is 19.4 Å². The number of aliphatic hydroxyl groups is 2. The lowest BCUT2D eigenvalue weighted by atomic mass is 9.80. The van der Waals surface area contributed by atoms with Crippen molar-refractivity contribution < 1.29 is 14.9 Å². The van der Waals surface area contributed by atoms with Gasteiger partial charge in [-0.15, -0.1) is 0 Å². The van der Waals surface area contributed by atoms with Gasteiger partial charge in [0.05, 0.1) is 17.8 Å². The summed E-state index contributed by atoms with van der Waals surface area (Å²) in [5.41, 5.74) is -0.612. The highest BCUT2D eigenvalue weighted by atomic mass is 16.5. The molecule has 1 heterocycles. The van der Waals surface area contributed by atoms with Gasteiger partial charge in [-0.1, -0.05) is 0 Å². The van der Waals surface area contributed by atoms with E-state index in [0.717, 1.165) is 12.8 Å². The van der Waals surface area contributed by atoms with Crippen LogP contribution in [0.15, 0.2) is 0 Å². The standard InChI is InChI=1S/C8H14O3/c9-6-1-2-8(10)3-4-11-7(8)5-6/h6-7,9-10H,1-5H2. The molecule has 3 atom stereocenters. The van der Waals surface area contributed by atoms with Crippen molar-refractivity contribution in [2.75, 3.05) is 6.61 Å². The molecular formula is C8H14O3. The topological polar surface area (TPSA) is 49.7 Å². The first-order valence-electron chi connectivity index (χ1n) is 4.23. The second-order valence-electron chi connectivity index (χ2n) is 3.64. The van der Waals surface area contributed by atoms with Crippen molar-refractivity contribution >= 4 is 0 Å². The summed E-state index contributed by atoms with van der Waals surface area (Å²) in [6.45, 7) is 0.647. The molecule has 0 aromatic carbocycles. The third kappa shape index (κ3) is 1.17. The minimum absolute atomic E-state index is 0.105. The average Bonchev–Trinajstić information content (AvgIpc) is 2.31. The fourth-order valence-corrected chi connectivity index (χ4v) is 2.05. The first kappa shape index (κ1) is 7.53. The highest BCUT2D eigenvalue weighted by molar-refractivity contribution is 4.97. The Kier molecular flexibility index (Phi) is 1.67. The molecule has 2 N–H and O–H groups in total. The summed E-state index contributed by atoms with van der Waals surface area (Å²) < 4.78 is 5.32. The van der Waals surface area contributed by atoms with Crippen molar-refractivity contribution in [2.24, 2.45) is 0 Å². The zero-order valence-electron chi connectivity index (χ0n) is 6.49. The van der Waals surface area contributed by atoms with E-state index in [2.05, 4.69) is 0 Å². The second kappa shape index (κ2) is 2.44. The molecule has 0 radical (unpaired) electrons. The lowest BCUT2D eigenvalue weighted by Gasteiger charge is -2.35. The first-order chi connectivity index (χ1) is 5.21. The van der Waals surface area contributed by atoms with E-state index >= 15 is 0 Å². The predicted molar refractivity (Wildman–Crippen MR) is 39.2 cm³/mol. The minimum atomic E-state index is -0.612. The number of fused-ring (bicyclic) bond motifs is 1. The van der Waals surface area contributed by atoms with Gasteiger partial charge in [-0.05, 0) is 12.8 Å². The molecule has 0 amide bonds. The van der Waals surface area contributed by atoms with Crippen LogP contribution >= 0.6 is 0 Å². The van der Waals surface area contributed by atoms with Crippen LogP contribution in [0.1, 0.15) is 25.7 Å². The zero-order chi connectivity index (χ0) is 7.90. The second-order valence-corrected chi connectivity index (χ2v) is 3.64.